The number of carbonyl (C=O) groups excluding carboxylic acids is 1. The molecule has 148 valence electrons. The summed E-state index contributed by atoms with van der Waals surface area (Å²) in [6.45, 7) is 7.76. The zero-order valence-electron chi connectivity index (χ0n) is 16.5. The molecule has 1 fully saturated rings. The van der Waals surface area contributed by atoms with Crippen molar-refractivity contribution < 1.29 is 14.3 Å². The van der Waals surface area contributed by atoms with Gasteiger partial charge in [0.15, 0.2) is 11.5 Å². The van der Waals surface area contributed by atoms with Gasteiger partial charge in [0, 0.05) is 39.1 Å². The molecule has 2 aromatic carbocycles. The standard InChI is InChI=1S/C23H28N2O3/c1-18-3-2-4-20(15-18)17-24-9-11-25(12-10-24)23(26)8-6-19-5-7-21-22(16-19)28-14-13-27-21/h2-5,7,15-16H,6,8-14,17H2,1H3. The van der Waals surface area contributed by atoms with Crippen molar-refractivity contribution in [2.24, 2.45) is 0 Å². The number of hydrogen-bond acceptors (Lipinski definition) is 4. The van der Waals surface area contributed by atoms with Crippen LogP contribution in [0.3, 0.4) is 0 Å². The summed E-state index contributed by atoms with van der Waals surface area (Å²) in [5, 5.41) is 0. The van der Waals surface area contributed by atoms with E-state index in [0.717, 1.165) is 56.2 Å². The predicted octanol–water partition coefficient (Wildman–Crippen LogP) is 3.04. The van der Waals surface area contributed by atoms with Crippen molar-refractivity contribution >= 4 is 5.91 Å². The molecule has 1 saturated heterocycles. The highest BCUT2D eigenvalue weighted by Gasteiger charge is 2.21. The minimum atomic E-state index is 0.241. The van der Waals surface area contributed by atoms with Crippen LogP contribution in [0.25, 0.3) is 0 Å². The third kappa shape index (κ3) is 4.65. The monoisotopic (exact) mass is 380 g/mol. The summed E-state index contributed by atoms with van der Waals surface area (Å²) in [6, 6.07) is 14.6. The molecular weight excluding hydrogens is 352 g/mol. The second kappa shape index (κ2) is 8.65. The summed E-state index contributed by atoms with van der Waals surface area (Å²) in [5.74, 6) is 1.83. The first-order valence-electron chi connectivity index (χ1n) is 10.1. The molecule has 4 rings (SSSR count). The predicted molar refractivity (Wildman–Crippen MR) is 109 cm³/mol. The van der Waals surface area contributed by atoms with E-state index in [1.807, 2.05) is 23.1 Å². The van der Waals surface area contributed by atoms with E-state index in [0.29, 0.717) is 19.6 Å². The summed E-state index contributed by atoms with van der Waals surface area (Å²) in [4.78, 5) is 17.1. The molecule has 0 atom stereocenters. The molecule has 0 unspecified atom stereocenters. The fourth-order valence-electron chi connectivity index (χ4n) is 3.88. The van der Waals surface area contributed by atoms with E-state index in [4.69, 9.17) is 9.47 Å². The van der Waals surface area contributed by atoms with Gasteiger partial charge >= 0.3 is 0 Å². The summed E-state index contributed by atoms with van der Waals surface area (Å²) >= 11 is 0. The fraction of sp³-hybridized carbons (Fsp3) is 0.435. The molecule has 2 aromatic rings. The smallest absolute Gasteiger partial charge is 0.222 e. The molecule has 0 N–H and O–H groups in total. The van der Waals surface area contributed by atoms with E-state index in [2.05, 4.69) is 36.1 Å². The van der Waals surface area contributed by atoms with E-state index in [1.54, 1.807) is 0 Å². The summed E-state index contributed by atoms with van der Waals surface area (Å²) < 4.78 is 11.2. The Bertz CT molecular complexity index is 828. The van der Waals surface area contributed by atoms with Crippen molar-refractivity contribution in [1.82, 2.24) is 9.80 Å². The first kappa shape index (κ1) is 18.8. The number of rotatable bonds is 5. The summed E-state index contributed by atoms with van der Waals surface area (Å²) in [7, 11) is 0. The van der Waals surface area contributed by atoms with E-state index in [-0.39, 0.29) is 5.91 Å². The molecule has 0 saturated carbocycles. The summed E-state index contributed by atoms with van der Waals surface area (Å²) in [5.41, 5.74) is 3.76. The van der Waals surface area contributed by atoms with Crippen LogP contribution < -0.4 is 9.47 Å². The number of ether oxygens (including phenoxy) is 2. The Morgan fingerprint density at radius 3 is 2.50 bits per heavy atom. The van der Waals surface area contributed by atoms with Gasteiger partial charge in [-0.05, 0) is 36.6 Å². The van der Waals surface area contributed by atoms with Crippen LogP contribution in [0.4, 0.5) is 0 Å². The van der Waals surface area contributed by atoms with Crippen LogP contribution in [-0.2, 0) is 17.8 Å². The van der Waals surface area contributed by atoms with Gasteiger partial charge in [0.05, 0.1) is 0 Å². The van der Waals surface area contributed by atoms with Gasteiger partial charge in [0.1, 0.15) is 13.2 Å². The van der Waals surface area contributed by atoms with Gasteiger partial charge in [0.2, 0.25) is 5.91 Å². The maximum atomic E-state index is 12.6. The van der Waals surface area contributed by atoms with Crippen LogP contribution in [0.1, 0.15) is 23.1 Å². The van der Waals surface area contributed by atoms with Crippen LogP contribution in [0, 0.1) is 6.92 Å². The second-order valence-corrected chi connectivity index (χ2v) is 7.62. The number of piperazine rings is 1. The van der Waals surface area contributed by atoms with E-state index >= 15 is 0 Å². The molecule has 5 nitrogen and oxygen atoms in total. The maximum absolute atomic E-state index is 12.6. The van der Waals surface area contributed by atoms with Crippen molar-refractivity contribution in [1.29, 1.82) is 0 Å². The largest absolute Gasteiger partial charge is 0.486 e. The Morgan fingerprint density at radius 1 is 0.929 bits per heavy atom. The molecule has 1 amide bonds. The Balaban J connectivity index is 1.24. The number of amides is 1. The van der Waals surface area contributed by atoms with E-state index in [1.165, 1.54) is 11.1 Å². The lowest BCUT2D eigenvalue weighted by atomic mass is 10.1. The van der Waals surface area contributed by atoms with Crippen molar-refractivity contribution in [3.8, 4) is 11.5 Å². The van der Waals surface area contributed by atoms with Crippen molar-refractivity contribution in [3.05, 3.63) is 59.2 Å². The highest BCUT2D eigenvalue weighted by atomic mass is 16.6. The third-order valence-corrected chi connectivity index (χ3v) is 5.45. The van der Waals surface area contributed by atoms with E-state index in [9.17, 15) is 4.79 Å². The van der Waals surface area contributed by atoms with Crippen LogP contribution in [0.15, 0.2) is 42.5 Å². The minimum Gasteiger partial charge on any atom is -0.486 e. The normalized spacial score (nSPS) is 16.8. The van der Waals surface area contributed by atoms with Gasteiger partial charge in [-0.15, -0.1) is 0 Å². The van der Waals surface area contributed by atoms with Crippen molar-refractivity contribution in [2.45, 2.75) is 26.3 Å². The average Bonchev–Trinajstić information content (AvgIpc) is 2.72. The van der Waals surface area contributed by atoms with Crippen molar-refractivity contribution in [3.63, 3.8) is 0 Å². The van der Waals surface area contributed by atoms with Gasteiger partial charge in [-0.3, -0.25) is 9.69 Å². The summed E-state index contributed by atoms with van der Waals surface area (Å²) in [6.07, 6.45) is 1.27. The van der Waals surface area contributed by atoms with Gasteiger partial charge in [0.25, 0.3) is 0 Å². The molecule has 2 heterocycles. The number of nitrogens with zero attached hydrogens (tertiary/aromatic N) is 2. The highest BCUT2D eigenvalue weighted by molar-refractivity contribution is 5.76. The molecule has 0 aromatic heterocycles. The zero-order chi connectivity index (χ0) is 19.3. The van der Waals surface area contributed by atoms with Gasteiger partial charge in [-0.1, -0.05) is 35.9 Å². The molecular formula is C23H28N2O3. The lowest BCUT2D eigenvalue weighted by molar-refractivity contribution is -0.133. The van der Waals surface area contributed by atoms with Gasteiger partial charge in [-0.25, -0.2) is 0 Å². The quantitative estimate of drug-likeness (QED) is 0.800. The zero-order valence-corrected chi connectivity index (χ0v) is 16.5. The molecule has 0 bridgehead atoms. The number of aryl methyl sites for hydroxylation is 2. The molecule has 5 heteroatoms. The minimum absolute atomic E-state index is 0.241. The molecule has 0 radical (unpaired) electrons. The average molecular weight is 380 g/mol. The topological polar surface area (TPSA) is 42.0 Å². The lowest BCUT2D eigenvalue weighted by Gasteiger charge is -2.35. The Labute approximate surface area is 166 Å². The SMILES string of the molecule is Cc1cccc(CN2CCN(C(=O)CCc3ccc4c(c3)OCCO4)CC2)c1. The Hall–Kier alpha value is -2.53. The molecule has 0 spiro atoms. The molecule has 2 aliphatic rings. The van der Waals surface area contributed by atoms with Gasteiger partial charge in [-0.2, -0.15) is 0 Å². The molecule has 28 heavy (non-hydrogen) atoms. The lowest BCUT2D eigenvalue weighted by Crippen LogP contribution is -2.48. The number of fused-ring (bicyclic) bond motifs is 1. The third-order valence-electron chi connectivity index (χ3n) is 5.45. The Kier molecular flexibility index (Phi) is 5.81. The first-order valence-corrected chi connectivity index (χ1v) is 10.1. The highest BCUT2D eigenvalue weighted by Crippen LogP contribution is 2.31. The number of carbonyl (C=O) groups is 1. The molecule has 0 aliphatic carbocycles. The fourth-order valence-corrected chi connectivity index (χ4v) is 3.88. The van der Waals surface area contributed by atoms with Crippen LogP contribution in [0.2, 0.25) is 0 Å². The van der Waals surface area contributed by atoms with Crippen LogP contribution >= 0.6 is 0 Å². The van der Waals surface area contributed by atoms with Crippen LogP contribution in [0.5, 0.6) is 11.5 Å². The Morgan fingerprint density at radius 2 is 1.71 bits per heavy atom. The first-order chi connectivity index (χ1) is 13.7. The van der Waals surface area contributed by atoms with Crippen molar-refractivity contribution in [2.75, 3.05) is 39.4 Å². The van der Waals surface area contributed by atoms with E-state index < -0.39 is 0 Å². The number of hydrogen-bond donors (Lipinski definition) is 0. The second-order valence-electron chi connectivity index (χ2n) is 7.62. The number of benzene rings is 2. The van der Waals surface area contributed by atoms with Crippen LogP contribution in [-0.4, -0.2) is 55.1 Å². The van der Waals surface area contributed by atoms with Gasteiger partial charge < -0.3 is 14.4 Å². The maximum Gasteiger partial charge on any atom is 0.222 e. The molecule has 2 aliphatic heterocycles.